The van der Waals surface area contributed by atoms with E-state index in [1.165, 1.54) is 18.2 Å². The van der Waals surface area contributed by atoms with Gasteiger partial charge in [-0.25, -0.2) is 19.7 Å². The van der Waals surface area contributed by atoms with Gasteiger partial charge in [0, 0.05) is 6.20 Å². The third-order valence-electron chi connectivity index (χ3n) is 3.41. The summed E-state index contributed by atoms with van der Waals surface area (Å²) >= 11 is 0.937. The average Bonchev–Trinajstić information content (AvgIpc) is 2.96. The van der Waals surface area contributed by atoms with Crippen molar-refractivity contribution in [2.45, 2.75) is 12.1 Å². The molecule has 0 bridgehead atoms. The number of hydrogen-bond donors (Lipinski definition) is 2. The van der Waals surface area contributed by atoms with Crippen molar-refractivity contribution in [2.24, 2.45) is 5.73 Å². The molecular weight excluding hydrogens is 373 g/mol. The maximum atomic E-state index is 12.8. The van der Waals surface area contributed by atoms with Crippen LogP contribution in [-0.4, -0.2) is 31.9 Å². The summed E-state index contributed by atoms with van der Waals surface area (Å²) in [6, 6.07) is 4.79. The number of aromatic carboxylic acids is 1. The standard InChI is InChI=1S/C15H9F3N4O3S/c16-15(17,18)9-3-4-20-12(22-9)10(11(19)23)13-21-7-2-1-6(14(24)25)5-8(7)26-13/h1-5,10H,(H2,19,23)(H,24,25). The van der Waals surface area contributed by atoms with E-state index in [2.05, 4.69) is 15.0 Å². The second kappa shape index (κ2) is 6.33. The molecule has 2 aromatic heterocycles. The summed E-state index contributed by atoms with van der Waals surface area (Å²) < 4.78 is 39.0. The van der Waals surface area contributed by atoms with E-state index in [4.69, 9.17) is 10.8 Å². The van der Waals surface area contributed by atoms with Crippen molar-refractivity contribution in [3.8, 4) is 0 Å². The van der Waals surface area contributed by atoms with Gasteiger partial charge in [-0.05, 0) is 24.3 Å². The molecule has 0 aliphatic carbocycles. The van der Waals surface area contributed by atoms with Crippen molar-refractivity contribution in [1.82, 2.24) is 15.0 Å². The molecule has 0 spiro atoms. The van der Waals surface area contributed by atoms with Crippen molar-refractivity contribution in [3.05, 3.63) is 52.6 Å². The number of rotatable bonds is 4. The third kappa shape index (κ3) is 3.33. The van der Waals surface area contributed by atoms with Crippen molar-refractivity contribution in [3.63, 3.8) is 0 Å². The van der Waals surface area contributed by atoms with Crippen LogP contribution < -0.4 is 5.73 Å². The number of benzene rings is 1. The number of halogens is 3. The predicted octanol–water partition coefficient (Wildman–Crippen LogP) is 2.42. The van der Waals surface area contributed by atoms with E-state index in [1.54, 1.807) is 0 Å². The van der Waals surface area contributed by atoms with Crippen LogP contribution in [0.5, 0.6) is 0 Å². The monoisotopic (exact) mass is 382 g/mol. The number of carbonyl (C=O) groups excluding carboxylic acids is 1. The van der Waals surface area contributed by atoms with Gasteiger partial charge in [-0.3, -0.25) is 4.79 Å². The Morgan fingerprint density at radius 1 is 1.19 bits per heavy atom. The van der Waals surface area contributed by atoms with Crippen molar-refractivity contribution in [2.75, 3.05) is 0 Å². The molecule has 0 aliphatic rings. The lowest BCUT2D eigenvalue weighted by Gasteiger charge is -2.11. The summed E-state index contributed by atoms with van der Waals surface area (Å²) in [5, 5.41) is 9.09. The van der Waals surface area contributed by atoms with Gasteiger partial charge in [-0.1, -0.05) is 0 Å². The molecule has 0 fully saturated rings. The van der Waals surface area contributed by atoms with Crippen molar-refractivity contribution < 1.29 is 27.9 Å². The van der Waals surface area contributed by atoms with Gasteiger partial charge in [0.1, 0.15) is 22.4 Å². The fourth-order valence-electron chi connectivity index (χ4n) is 2.23. The van der Waals surface area contributed by atoms with Crippen LogP contribution in [0.25, 0.3) is 10.2 Å². The zero-order valence-electron chi connectivity index (χ0n) is 12.7. The number of amides is 1. The lowest BCUT2D eigenvalue weighted by Crippen LogP contribution is -2.25. The fraction of sp³-hybridized carbons (Fsp3) is 0.133. The number of thiazole rings is 1. The number of carboxylic acids is 1. The molecule has 26 heavy (non-hydrogen) atoms. The number of carboxylic acid groups (broad SMARTS) is 1. The van der Waals surface area contributed by atoms with Crippen LogP contribution in [0.1, 0.15) is 32.8 Å². The van der Waals surface area contributed by atoms with Crippen LogP contribution in [0.4, 0.5) is 13.2 Å². The maximum Gasteiger partial charge on any atom is 0.433 e. The number of primary amides is 1. The topological polar surface area (TPSA) is 119 Å². The Kier molecular flexibility index (Phi) is 4.32. The highest BCUT2D eigenvalue weighted by atomic mass is 32.1. The van der Waals surface area contributed by atoms with Gasteiger partial charge >= 0.3 is 12.1 Å². The van der Waals surface area contributed by atoms with Crippen LogP contribution in [0, 0.1) is 0 Å². The van der Waals surface area contributed by atoms with E-state index in [1.807, 2.05) is 0 Å². The fourth-order valence-corrected chi connectivity index (χ4v) is 3.34. The molecule has 2 heterocycles. The van der Waals surface area contributed by atoms with E-state index in [0.717, 1.165) is 17.5 Å². The second-order valence-corrected chi connectivity index (χ2v) is 6.24. The molecule has 3 aromatic rings. The lowest BCUT2D eigenvalue weighted by molar-refractivity contribution is -0.141. The number of nitrogens with zero attached hydrogens (tertiary/aromatic N) is 3. The highest BCUT2D eigenvalue weighted by Crippen LogP contribution is 2.33. The Labute approximate surface area is 147 Å². The Morgan fingerprint density at radius 2 is 1.92 bits per heavy atom. The van der Waals surface area contributed by atoms with E-state index in [0.29, 0.717) is 16.3 Å². The summed E-state index contributed by atoms with van der Waals surface area (Å²) in [5.74, 6) is -3.93. The van der Waals surface area contributed by atoms with Gasteiger partial charge in [-0.2, -0.15) is 13.2 Å². The van der Waals surface area contributed by atoms with Gasteiger partial charge in [0.05, 0.1) is 15.8 Å². The zero-order valence-corrected chi connectivity index (χ0v) is 13.5. The first-order valence-corrected chi connectivity index (χ1v) is 7.81. The molecule has 0 saturated carbocycles. The SMILES string of the molecule is NC(=O)C(c1nccc(C(F)(F)F)n1)c1nc2ccc(C(=O)O)cc2s1. The molecule has 3 rings (SSSR count). The highest BCUT2D eigenvalue weighted by molar-refractivity contribution is 7.18. The molecule has 1 aromatic carbocycles. The second-order valence-electron chi connectivity index (χ2n) is 5.17. The van der Waals surface area contributed by atoms with Crippen LogP contribution >= 0.6 is 11.3 Å². The van der Waals surface area contributed by atoms with Gasteiger partial charge in [0.15, 0.2) is 0 Å². The van der Waals surface area contributed by atoms with Crippen LogP contribution in [-0.2, 0) is 11.0 Å². The number of hydrogen-bond acceptors (Lipinski definition) is 6. The number of nitrogens with two attached hydrogens (primary N) is 1. The summed E-state index contributed by atoms with van der Waals surface area (Å²) in [6.45, 7) is 0. The van der Waals surface area contributed by atoms with Crippen LogP contribution in [0.15, 0.2) is 30.5 Å². The molecular formula is C15H9F3N4O3S. The predicted molar refractivity (Wildman–Crippen MR) is 84.7 cm³/mol. The van der Waals surface area contributed by atoms with Gasteiger partial charge in [0.25, 0.3) is 0 Å². The van der Waals surface area contributed by atoms with Gasteiger partial charge in [-0.15, -0.1) is 11.3 Å². The van der Waals surface area contributed by atoms with Gasteiger partial charge in [0.2, 0.25) is 5.91 Å². The molecule has 1 unspecified atom stereocenters. The Bertz CT molecular complexity index is 1020. The largest absolute Gasteiger partial charge is 0.478 e. The first-order chi connectivity index (χ1) is 12.2. The molecule has 0 aliphatic heterocycles. The third-order valence-corrected chi connectivity index (χ3v) is 4.49. The van der Waals surface area contributed by atoms with Crippen molar-refractivity contribution >= 4 is 33.4 Å². The number of alkyl halides is 3. The van der Waals surface area contributed by atoms with E-state index >= 15 is 0 Å². The molecule has 0 radical (unpaired) electrons. The Hall–Kier alpha value is -3.08. The molecule has 0 saturated heterocycles. The minimum absolute atomic E-state index is 0.0126. The van der Waals surface area contributed by atoms with E-state index < -0.39 is 35.5 Å². The molecule has 134 valence electrons. The first-order valence-electron chi connectivity index (χ1n) is 7.00. The van der Waals surface area contributed by atoms with Crippen LogP contribution in [0.2, 0.25) is 0 Å². The number of carbonyl (C=O) groups is 2. The van der Waals surface area contributed by atoms with Crippen molar-refractivity contribution in [1.29, 1.82) is 0 Å². The molecule has 1 amide bonds. The number of fused-ring (bicyclic) bond motifs is 1. The Morgan fingerprint density at radius 3 is 2.54 bits per heavy atom. The zero-order chi connectivity index (χ0) is 19.1. The first kappa shape index (κ1) is 17.7. The molecule has 3 N–H and O–H groups in total. The van der Waals surface area contributed by atoms with E-state index in [9.17, 15) is 22.8 Å². The smallest absolute Gasteiger partial charge is 0.433 e. The summed E-state index contributed by atoms with van der Waals surface area (Å²) in [6.07, 6.45) is -3.82. The lowest BCUT2D eigenvalue weighted by atomic mass is 10.1. The molecule has 7 nitrogen and oxygen atoms in total. The maximum absolute atomic E-state index is 12.8. The minimum Gasteiger partial charge on any atom is -0.478 e. The normalized spacial score (nSPS) is 12.9. The highest BCUT2D eigenvalue weighted by Gasteiger charge is 2.35. The quantitative estimate of drug-likeness (QED) is 0.715. The summed E-state index contributed by atoms with van der Waals surface area (Å²) in [4.78, 5) is 34.2. The Balaban J connectivity index is 2.10. The minimum atomic E-state index is -4.70. The number of aromatic nitrogens is 3. The molecule has 1 atom stereocenters. The molecule has 11 heteroatoms. The van der Waals surface area contributed by atoms with E-state index in [-0.39, 0.29) is 10.6 Å². The van der Waals surface area contributed by atoms with Crippen LogP contribution in [0.3, 0.4) is 0 Å². The average molecular weight is 382 g/mol. The summed E-state index contributed by atoms with van der Waals surface area (Å²) in [5.41, 5.74) is 4.52. The van der Waals surface area contributed by atoms with Gasteiger partial charge < -0.3 is 10.8 Å². The summed E-state index contributed by atoms with van der Waals surface area (Å²) in [7, 11) is 0.